The summed E-state index contributed by atoms with van der Waals surface area (Å²) in [5, 5.41) is 0. The molecule has 2 aromatic carbocycles. The van der Waals surface area contributed by atoms with Crippen LogP contribution < -0.4 is 9.80 Å². The van der Waals surface area contributed by atoms with Crippen LogP contribution in [0.4, 0.5) is 11.4 Å². The number of benzene rings is 2. The SMILES string of the molecule is CCc1ccc(N(CC(=O)N(C)c2ccccc2)C(C)=O)cc1. The molecular weight excluding hydrogens is 288 g/mol. The zero-order valence-electron chi connectivity index (χ0n) is 13.8. The second-order valence-corrected chi connectivity index (χ2v) is 5.41. The number of amides is 2. The first-order chi connectivity index (χ1) is 11.0. The fraction of sp³-hybridized carbons (Fsp3) is 0.263. The molecule has 0 atom stereocenters. The molecule has 0 aliphatic rings. The van der Waals surface area contributed by atoms with Crippen molar-refractivity contribution in [3.05, 3.63) is 60.2 Å². The van der Waals surface area contributed by atoms with Crippen LogP contribution in [-0.2, 0) is 16.0 Å². The lowest BCUT2D eigenvalue weighted by Crippen LogP contribution is -2.40. The summed E-state index contributed by atoms with van der Waals surface area (Å²) >= 11 is 0. The summed E-state index contributed by atoms with van der Waals surface area (Å²) in [7, 11) is 1.72. The lowest BCUT2D eigenvalue weighted by molar-refractivity contribution is -0.121. The predicted molar refractivity (Wildman–Crippen MR) is 93.7 cm³/mol. The van der Waals surface area contributed by atoms with E-state index in [2.05, 4.69) is 6.92 Å². The summed E-state index contributed by atoms with van der Waals surface area (Å²) in [6.07, 6.45) is 0.941. The van der Waals surface area contributed by atoms with Crippen LogP contribution in [0.15, 0.2) is 54.6 Å². The van der Waals surface area contributed by atoms with Crippen LogP contribution in [-0.4, -0.2) is 25.4 Å². The lowest BCUT2D eigenvalue weighted by Gasteiger charge is -2.24. The highest BCUT2D eigenvalue weighted by atomic mass is 16.2. The van der Waals surface area contributed by atoms with Gasteiger partial charge in [-0.1, -0.05) is 37.3 Å². The van der Waals surface area contributed by atoms with Crippen LogP contribution in [0.3, 0.4) is 0 Å². The number of rotatable bonds is 5. The molecule has 0 bridgehead atoms. The monoisotopic (exact) mass is 310 g/mol. The van der Waals surface area contributed by atoms with Gasteiger partial charge >= 0.3 is 0 Å². The Labute approximate surface area is 137 Å². The molecule has 23 heavy (non-hydrogen) atoms. The van der Waals surface area contributed by atoms with Gasteiger partial charge in [0.05, 0.1) is 0 Å². The fourth-order valence-electron chi connectivity index (χ4n) is 2.33. The van der Waals surface area contributed by atoms with Gasteiger partial charge in [0, 0.05) is 25.3 Å². The molecule has 0 radical (unpaired) electrons. The summed E-state index contributed by atoms with van der Waals surface area (Å²) < 4.78 is 0. The van der Waals surface area contributed by atoms with Gasteiger partial charge in [-0.05, 0) is 36.2 Å². The van der Waals surface area contributed by atoms with Crippen molar-refractivity contribution >= 4 is 23.2 Å². The first-order valence-corrected chi connectivity index (χ1v) is 7.71. The van der Waals surface area contributed by atoms with E-state index in [0.717, 1.165) is 17.8 Å². The maximum absolute atomic E-state index is 12.5. The molecule has 0 aliphatic carbocycles. The van der Waals surface area contributed by atoms with Crippen molar-refractivity contribution in [2.75, 3.05) is 23.4 Å². The zero-order valence-corrected chi connectivity index (χ0v) is 13.8. The molecule has 0 aliphatic heterocycles. The van der Waals surface area contributed by atoms with E-state index in [1.54, 1.807) is 11.9 Å². The van der Waals surface area contributed by atoms with Crippen molar-refractivity contribution in [3.63, 3.8) is 0 Å². The van der Waals surface area contributed by atoms with Gasteiger partial charge in [0.15, 0.2) is 0 Å². The minimum Gasteiger partial charge on any atom is -0.314 e. The van der Waals surface area contributed by atoms with Crippen LogP contribution in [0.5, 0.6) is 0 Å². The van der Waals surface area contributed by atoms with E-state index >= 15 is 0 Å². The van der Waals surface area contributed by atoms with E-state index in [1.165, 1.54) is 17.4 Å². The van der Waals surface area contributed by atoms with Gasteiger partial charge in [-0.25, -0.2) is 0 Å². The second-order valence-electron chi connectivity index (χ2n) is 5.41. The minimum absolute atomic E-state index is 0.0200. The maximum atomic E-state index is 12.5. The van der Waals surface area contributed by atoms with Crippen LogP contribution in [0.2, 0.25) is 0 Å². The van der Waals surface area contributed by atoms with Gasteiger partial charge in [-0.2, -0.15) is 0 Å². The third kappa shape index (κ3) is 4.19. The number of likely N-dealkylation sites (N-methyl/N-ethyl adjacent to an activating group) is 1. The number of para-hydroxylation sites is 1. The molecule has 0 saturated heterocycles. The third-order valence-electron chi connectivity index (χ3n) is 3.85. The van der Waals surface area contributed by atoms with Gasteiger partial charge < -0.3 is 9.80 Å². The molecule has 0 N–H and O–H groups in total. The van der Waals surface area contributed by atoms with Crippen LogP contribution >= 0.6 is 0 Å². The van der Waals surface area contributed by atoms with Crippen molar-refractivity contribution in [1.82, 2.24) is 0 Å². The fourth-order valence-corrected chi connectivity index (χ4v) is 2.33. The highest BCUT2D eigenvalue weighted by molar-refractivity contribution is 6.02. The first kappa shape index (κ1) is 16.7. The van der Waals surface area contributed by atoms with E-state index in [9.17, 15) is 9.59 Å². The Morgan fingerprint density at radius 2 is 1.52 bits per heavy atom. The zero-order chi connectivity index (χ0) is 16.8. The van der Waals surface area contributed by atoms with Crippen LogP contribution in [0, 0.1) is 0 Å². The molecule has 0 spiro atoms. The van der Waals surface area contributed by atoms with E-state index in [4.69, 9.17) is 0 Å². The second kappa shape index (κ2) is 7.58. The molecule has 0 fully saturated rings. The molecule has 4 heteroatoms. The Balaban J connectivity index is 2.15. The number of carbonyl (C=O) groups is 2. The van der Waals surface area contributed by atoms with Gasteiger partial charge in [-0.3, -0.25) is 9.59 Å². The lowest BCUT2D eigenvalue weighted by atomic mass is 10.1. The topological polar surface area (TPSA) is 40.6 Å². The van der Waals surface area contributed by atoms with Crippen molar-refractivity contribution in [3.8, 4) is 0 Å². The molecule has 4 nitrogen and oxygen atoms in total. The van der Waals surface area contributed by atoms with E-state index in [-0.39, 0.29) is 18.4 Å². The maximum Gasteiger partial charge on any atom is 0.246 e. The standard InChI is InChI=1S/C19H22N2O2/c1-4-16-10-12-18(13-11-16)21(15(2)22)14-19(23)20(3)17-8-6-5-7-9-17/h5-13H,4,14H2,1-3H3. The van der Waals surface area contributed by atoms with Crippen LogP contribution in [0.1, 0.15) is 19.4 Å². The van der Waals surface area contributed by atoms with E-state index in [0.29, 0.717) is 0 Å². The Kier molecular flexibility index (Phi) is 5.52. The molecule has 2 aromatic rings. The van der Waals surface area contributed by atoms with Crippen molar-refractivity contribution in [2.24, 2.45) is 0 Å². The summed E-state index contributed by atoms with van der Waals surface area (Å²) in [5.74, 6) is -0.282. The Bertz CT molecular complexity index is 666. The molecule has 120 valence electrons. The third-order valence-corrected chi connectivity index (χ3v) is 3.85. The molecule has 0 heterocycles. The highest BCUT2D eigenvalue weighted by Gasteiger charge is 2.19. The predicted octanol–water partition coefficient (Wildman–Crippen LogP) is 3.26. The average Bonchev–Trinajstić information content (AvgIpc) is 2.59. The summed E-state index contributed by atoms with van der Waals surface area (Å²) in [4.78, 5) is 27.5. The summed E-state index contributed by atoms with van der Waals surface area (Å²) in [6.45, 7) is 3.58. The minimum atomic E-state index is -0.149. The van der Waals surface area contributed by atoms with E-state index in [1.807, 2.05) is 54.6 Å². The first-order valence-electron chi connectivity index (χ1n) is 7.71. The average molecular weight is 310 g/mol. The Hall–Kier alpha value is -2.62. The van der Waals surface area contributed by atoms with Crippen LogP contribution in [0.25, 0.3) is 0 Å². The highest BCUT2D eigenvalue weighted by Crippen LogP contribution is 2.17. The van der Waals surface area contributed by atoms with Crippen molar-refractivity contribution < 1.29 is 9.59 Å². The number of hydrogen-bond acceptors (Lipinski definition) is 2. The van der Waals surface area contributed by atoms with Gasteiger partial charge in [0.2, 0.25) is 11.8 Å². The molecule has 2 amide bonds. The number of hydrogen-bond donors (Lipinski definition) is 0. The van der Waals surface area contributed by atoms with Gasteiger partial charge in [0.1, 0.15) is 6.54 Å². The number of anilines is 2. The van der Waals surface area contributed by atoms with E-state index < -0.39 is 0 Å². The normalized spacial score (nSPS) is 10.2. The Morgan fingerprint density at radius 3 is 2.04 bits per heavy atom. The summed E-state index contributed by atoms with van der Waals surface area (Å²) in [5.41, 5.74) is 2.75. The van der Waals surface area contributed by atoms with Gasteiger partial charge in [-0.15, -0.1) is 0 Å². The quantitative estimate of drug-likeness (QED) is 0.850. The Morgan fingerprint density at radius 1 is 0.913 bits per heavy atom. The molecule has 0 unspecified atom stereocenters. The molecular formula is C19H22N2O2. The number of nitrogens with zero attached hydrogens (tertiary/aromatic N) is 2. The van der Waals surface area contributed by atoms with Crippen molar-refractivity contribution in [2.45, 2.75) is 20.3 Å². The smallest absolute Gasteiger partial charge is 0.246 e. The van der Waals surface area contributed by atoms with Gasteiger partial charge in [0.25, 0.3) is 0 Å². The molecule has 0 aromatic heterocycles. The molecule has 2 rings (SSSR count). The number of carbonyl (C=O) groups excluding carboxylic acids is 2. The van der Waals surface area contributed by atoms with Crippen molar-refractivity contribution in [1.29, 1.82) is 0 Å². The summed E-state index contributed by atoms with van der Waals surface area (Å²) in [6, 6.07) is 17.1. The number of aryl methyl sites for hydroxylation is 1. The largest absolute Gasteiger partial charge is 0.314 e. The molecule has 0 saturated carbocycles.